The highest BCUT2D eigenvalue weighted by Crippen LogP contribution is 2.33. The van der Waals surface area contributed by atoms with Gasteiger partial charge < -0.3 is 14.8 Å². The molecular weight excluding hydrogens is 571 g/mol. The molecule has 1 aliphatic carbocycles. The predicted molar refractivity (Wildman–Crippen MR) is 162 cm³/mol. The van der Waals surface area contributed by atoms with E-state index in [9.17, 15) is 22.8 Å². The number of hydrogen-bond acceptors (Lipinski definition) is 6. The number of anilines is 1. The summed E-state index contributed by atoms with van der Waals surface area (Å²) < 4.78 is 47.1. The summed E-state index contributed by atoms with van der Waals surface area (Å²) in [5.41, 5.74) is 5.03. The fourth-order valence-corrected chi connectivity index (χ4v) is 5.83. The van der Waals surface area contributed by atoms with Crippen molar-refractivity contribution in [2.24, 2.45) is 5.92 Å². The van der Waals surface area contributed by atoms with E-state index in [2.05, 4.69) is 32.9 Å². The number of aromatic nitrogens is 1. The maximum absolute atomic E-state index is 13.2. The highest BCUT2D eigenvalue weighted by atomic mass is 19.4. The molecule has 0 saturated carbocycles. The molecular formula is C34H36F3N3O4. The molecule has 1 aliphatic heterocycles. The number of alkyl halides is 3. The maximum Gasteiger partial charge on any atom is 0.573 e. The number of rotatable bonds is 9. The number of allylic oxidation sites excluding steroid dienone is 2. The Hall–Kier alpha value is -4.18. The van der Waals surface area contributed by atoms with Gasteiger partial charge in [-0.15, -0.1) is 13.2 Å². The van der Waals surface area contributed by atoms with Gasteiger partial charge in [0.2, 0.25) is 0 Å². The van der Waals surface area contributed by atoms with Crippen molar-refractivity contribution in [3.8, 4) is 16.9 Å². The second-order valence-electron chi connectivity index (χ2n) is 11.2. The molecule has 2 aromatic carbocycles. The first-order valence-electron chi connectivity index (χ1n) is 15.0. The van der Waals surface area contributed by atoms with E-state index in [0.29, 0.717) is 42.6 Å². The average molecular weight is 608 g/mol. The van der Waals surface area contributed by atoms with Crippen molar-refractivity contribution in [2.75, 3.05) is 18.5 Å². The van der Waals surface area contributed by atoms with Gasteiger partial charge in [-0.3, -0.25) is 14.5 Å². The van der Waals surface area contributed by atoms with E-state index in [1.807, 2.05) is 25.1 Å². The Kier molecular flexibility index (Phi) is 9.68. The fourth-order valence-electron chi connectivity index (χ4n) is 5.83. The van der Waals surface area contributed by atoms with Crippen LogP contribution in [-0.4, -0.2) is 47.3 Å². The van der Waals surface area contributed by atoms with Crippen LogP contribution in [-0.2, 0) is 16.1 Å². The standard InChI is InChI=1S/C34H36F3N3O4/c1-3-43-33(42)27-12-8-24(9-13-27)23-6-10-26(11-7-23)32(41)39-31-19-28(21-40-18-4-5-22(40)2)30(20-38-31)25-14-16-29(17-15-25)44-34(35,36)37/h6-8,10-11,14-17,19-20,22,27H,3-5,9,12-13,18,21H2,1-2H3,(H,38,39,41)/t22-,27?/m1/s1. The van der Waals surface area contributed by atoms with Crippen LogP contribution in [0.4, 0.5) is 19.0 Å². The van der Waals surface area contributed by atoms with Crippen LogP contribution in [0.15, 0.2) is 66.9 Å². The monoisotopic (exact) mass is 607 g/mol. The minimum absolute atomic E-state index is 0.107. The van der Waals surface area contributed by atoms with E-state index in [-0.39, 0.29) is 23.5 Å². The first-order valence-corrected chi connectivity index (χ1v) is 15.0. The largest absolute Gasteiger partial charge is 0.573 e. The molecule has 1 aromatic heterocycles. The number of benzene rings is 2. The van der Waals surface area contributed by atoms with Crippen molar-refractivity contribution >= 4 is 23.3 Å². The van der Waals surface area contributed by atoms with E-state index in [1.54, 1.807) is 30.5 Å². The van der Waals surface area contributed by atoms with Gasteiger partial charge in [0.1, 0.15) is 11.6 Å². The first kappa shape index (κ1) is 31.3. The number of pyridine rings is 1. The van der Waals surface area contributed by atoms with Crippen molar-refractivity contribution in [1.29, 1.82) is 0 Å². The number of hydrogen-bond donors (Lipinski definition) is 1. The zero-order valence-electron chi connectivity index (χ0n) is 24.8. The normalized spacial score (nSPS) is 18.9. The van der Waals surface area contributed by atoms with Gasteiger partial charge in [-0.25, -0.2) is 4.98 Å². The Morgan fingerprint density at radius 1 is 1.05 bits per heavy atom. The Bertz CT molecular complexity index is 1500. The predicted octanol–water partition coefficient (Wildman–Crippen LogP) is 7.63. The third-order valence-electron chi connectivity index (χ3n) is 8.24. The van der Waals surface area contributed by atoms with Crippen molar-refractivity contribution in [2.45, 2.75) is 64.9 Å². The van der Waals surface area contributed by atoms with E-state index in [1.165, 1.54) is 12.1 Å². The number of likely N-dealkylation sites (tertiary alicyclic amines) is 1. The summed E-state index contributed by atoms with van der Waals surface area (Å²) in [6, 6.07) is 15.3. The van der Waals surface area contributed by atoms with Crippen LogP contribution in [0.25, 0.3) is 16.7 Å². The van der Waals surface area contributed by atoms with E-state index < -0.39 is 6.36 Å². The molecule has 44 heavy (non-hydrogen) atoms. The number of ether oxygens (including phenoxy) is 2. The van der Waals surface area contributed by atoms with Gasteiger partial charge in [-0.1, -0.05) is 30.3 Å². The molecule has 3 aromatic rings. The maximum atomic E-state index is 13.2. The number of nitrogens with zero attached hydrogens (tertiary/aromatic N) is 2. The van der Waals surface area contributed by atoms with Gasteiger partial charge >= 0.3 is 12.3 Å². The molecule has 2 atom stereocenters. The summed E-state index contributed by atoms with van der Waals surface area (Å²) >= 11 is 0. The second-order valence-corrected chi connectivity index (χ2v) is 11.2. The van der Waals surface area contributed by atoms with Crippen LogP contribution < -0.4 is 10.1 Å². The molecule has 232 valence electrons. The molecule has 2 heterocycles. The minimum atomic E-state index is -4.76. The quantitative estimate of drug-likeness (QED) is 0.252. The van der Waals surface area contributed by atoms with Crippen LogP contribution in [0.1, 0.15) is 67.4 Å². The first-order chi connectivity index (χ1) is 21.1. The van der Waals surface area contributed by atoms with E-state index >= 15 is 0 Å². The molecule has 0 spiro atoms. The topological polar surface area (TPSA) is 80.8 Å². The molecule has 2 aliphatic rings. The molecule has 1 fully saturated rings. The number of nitrogens with one attached hydrogen (secondary N) is 1. The average Bonchev–Trinajstić information content (AvgIpc) is 3.41. The third kappa shape index (κ3) is 7.85. The van der Waals surface area contributed by atoms with E-state index in [4.69, 9.17) is 4.74 Å². The second kappa shape index (κ2) is 13.6. The molecule has 1 unspecified atom stereocenters. The van der Waals surface area contributed by atoms with Gasteiger partial charge in [-0.2, -0.15) is 0 Å². The molecule has 1 N–H and O–H groups in total. The number of esters is 1. The summed E-state index contributed by atoms with van der Waals surface area (Å²) in [6.45, 7) is 5.91. The van der Waals surface area contributed by atoms with Crippen LogP contribution in [0.2, 0.25) is 0 Å². The Balaban J connectivity index is 1.30. The highest BCUT2D eigenvalue weighted by molar-refractivity contribution is 6.04. The van der Waals surface area contributed by atoms with Crippen LogP contribution in [0.3, 0.4) is 0 Å². The molecule has 10 heteroatoms. The summed E-state index contributed by atoms with van der Waals surface area (Å²) in [4.78, 5) is 32.0. The smallest absolute Gasteiger partial charge is 0.466 e. The summed E-state index contributed by atoms with van der Waals surface area (Å²) in [6.07, 6.45) is 3.28. The van der Waals surface area contributed by atoms with Crippen molar-refractivity contribution in [3.63, 3.8) is 0 Å². The lowest BCUT2D eigenvalue weighted by atomic mass is 9.86. The van der Waals surface area contributed by atoms with E-state index in [0.717, 1.165) is 54.5 Å². The summed E-state index contributed by atoms with van der Waals surface area (Å²) in [5, 5.41) is 2.90. The molecule has 5 rings (SSSR count). The Morgan fingerprint density at radius 3 is 2.39 bits per heavy atom. The Morgan fingerprint density at radius 2 is 1.77 bits per heavy atom. The molecule has 0 bridgehead atoms. The molecule has 0 radical (unpaired) electrons. The third-order valence-corrected chi connectivity index (χ3v) is 8.24. The molecule has 7 nitrogen and oxygen atoms in total. The van der Waals surface area contributed by atoms with Crippen LogP contribution in [0, 0.1) is 5.92 Å². The zero-order valence-corrected chi connectivity index (χ0v) is 24.8. The minimum Gasteiger partial charge on any atom is -0.466 e. The zero-order chi connectivity index (χ0) is 31.3. The van der Waals surface area contributed by atoms with Gasteiger partial charge in [0.05, 0.1) is 12.5 Å². The van der Waals surface area contributed by atoms with Crippen LogP contribution >= 0.6 is 0 Å². The number of halogens is 3. The summed E-state index contributed by atoms with van der Waals surface area (Å²) in [5.74, 6) is -0.459. The molecule has 1 saturated heterocycles. The SMILES string of the molecule is CCOC(=O)C1CC=C(c2ccc(C(=O)Nc3cc(CN4CCC[C@H]4C)c(-c4ccc(OC(F)(F)F)cc4)cn3)cc2)CC1. The van der Waals surface area contributed by atoms with Gasteiger partial charge in [0, 0.05) is 29.9 Å². The molecule has 1 amide bonds. The lowest BCUT2D eigenvalue weighted by Crippen LogP contribution is -2.26. The van der Waals surface area contributed by atoms with Crippen LogP contribution in [0.5, 0.6) is 5.75 Å². The highest BCUT2D eigenvalue weighted by Gasteiger charge is 2.31. The lowest BCUT2D eigenvalue weighted by molar-refractivity contribution is -0.274. The number of carbonyl (C=O) groups excluding carboxylic acids is 2. The summed E-state index contributed by atoms with van der Waals surface area (Å²) in [7, 11) is 0. The Labute approximate surface area is 255 Å². The number of carbonyl (C=O) groups is 2. The lowest BCUT2D eigenvalue weighted by Gasteiger charge is -2.23. The van der Waals surface area contributed by atoms with Gasteiger partial charge in [0.25, 0.3) is 5.91 Å². The van der Waals surface area contributed by atoms with Crippen molar-refractivity contribution in [3.05, 3.63) is 83.6 Å². The van der Waals surface area contributed by atoms with Crippen molar-refractivity contribution < 1.29 is 32.2 Å². The fraction of sp³-hybridized carbons (Fsp3) is 0.382. The van der Waals surface area contributed by atoms with Gasteiger partial charge in [-0.05, 0) is 105 Å². The van der Waals surface area contributed by atoms with Gasteiger partial charge in [0.15, 0.2) is 0 Å². The van der Waals surface area contributed by atoms with Crippen molar-refractivity contribution in [1.82, 2.24) is 9.88 Å². The number of amides is 1.